The van der Waals surface area contributed by atoms with E-state index in [-0.39, 0.29) is 11.2 Å². The second kappa shape index (κ2) is 7.34. The normalized spacial score (nSPS) is 22.4. The van der Waals surface area contributed by atoms with Gasteiger partial charge in [-0.2, -0.15) is 0 Å². The molecule has 0 spiro atoms. The Hall–Kier alpha value is -0.970. The molecule has 1 aliphatic heterocycles. The third-order valence-electron chi connectivity index (χ3n) is 4.07. The third-order valence-corrected chi connectivity index (χ3v) is 4.07. The Labute approximate surface area is 127 Å². The maximum atomic E-state index is 13.7. The van der Waals surface area contributed by atoms with Crippen LogP contribution in [0.4, 0.5) is 4.39 Å². The van der Waals surface area contributed by atoms with Gasteiger partial charge in [-0.1, -0.05) is 32.0 Å². The number of hydrogen-bond acceptors (Lipinski definition) is 3. The summed E-state index contributed by atoms with van der Waals surface area (Å²) in [5, 5.41) is 3.53. The minimum atomic E-state index is -0.124. The summed E-state index contributed by atoms with van der Waals surface area (Å²) in [5.74, 6) is -0.124. The van der Waals surface area contributed by atoms with E-state index in [1.54, 1.807) is 6.07 Å². The Bertz CT molecular complexity index is 444. The average Bonchev–Trinajstić information content (AvgIpc) is 2.88. The van der Waals surface area contributed by atoms with Crippen molar-refractivity contribution in [2.75, 3.05) is 33.4 Å². The molecular formula is C17H27FN2O. The second-order valence-electron chi connectivity index (χ2n) is 6.60. The topological polar surface area (TPSA) is 24.5 Å². The van der Waals surface area contributed by atoms with Crippen molar-refractivity contribution >= 4 is 0 Å². The van der Waals surface area contributed by atoms with Gasteiger partial charge in [0.25, 0.3) is 0 Å². The molecule has 1 heterocycles. The van der Waals surface area contributed by atoms with Crippen LogP contribution in [0.25, 0.3) is 0 Å². The van der Waals surface area contributed by atoms with Crippen molar-refractivity contribution in [1.29, 1.82) is 0 Å². The van der Waals surface area contributed by atoms with Crippen molar-refractivity contribution in [3.05, 3.63) is 35.6 Å². The first kappa shape index (κ1) is 16.4. The number of benzene rings is 1. The van der Waals surface area contributed by atoms with Crippen molar-refractivity contribution < 1.29 is 9.13 Å². The van der Waals surface area contributed by atoms with Gasteiger partial charge in [0.2, 0.25) is 0 Å². The molecule has 21 heavy (non-hydrogen) atoms. The number of rotatable bonds is 7. The number of nitrogens with zero attached hydrogens (tertiary/aromatic N) is 1. The quantitative estimate of drug-likeness (QED) is 0.837. The minimum absolute atomic E-state index is 0.124. The standard InChI is InChI=1S/C17H27FN2O/c1-14(2)19-11-17(8-9-21-13-17)12-20(3)10-15-6-4-5-7-16(15)18/h4-7,14,19H,8-13H2,1-3H3. The van der Waals surface area contributed by atoms with E-state index in [1.165, 1.54) is 6.07 Å². The lowest BCUT2D eigenvalue weighted by molar-refractivity contribution is 0.114. The van der Waals surface area contributed by atoms with Crippen LogP contribution in [0.1, 0.15) is 25.8 Å². The van der Waals surface area contributed by atoms with Crippen molar-refractivity contribution in [2.24, 2.45) is 5.41 Å². The van der Waals surface area contributed by atoms with Gasteiger partial charge in [-0.05, 0) is 19.5 Å². The van der Waals surface area contributed by atoms with Crippen LogP contribution in [-0.4, -0.2) is 44.3 Å². The molecule has 0 bridgehead atoms. The molecule has 1 aliphatic rings. The summed E-state index contributed by atoms with van der Waals surface area (Å²) in [6, 6.07) is 7.48. The molecule has 118 valence electrons. The van der Waals surface area contributed by atoms with E-state index >= 15 is 0 Å². The zero-order chi connectivity index (χ0) is 15.3. The highest BCUT2D eigenvalue weighted by atomic mass is 19.1. The van der Waals surface area contributed by atoms with Gasteiger partial charge in [0.15, 0.2) is 0 Å². The van der Waals surface area contributed by atoms with Gasteiger partial charge in [-0.25, -0.2) is 4.39 Å². The Kier molecular flexibility index (Phi) is 5.73. The lowest BCUT2D eigenvalue weighted by atomic mass is 9.86. The molecule has 0 aromatic heterocycles. The van der Waals surface area contributed by atoms with Gasteiger partial charge in [-0.3, -0.25) is 0 Å². The fraction of sp³-hybridized carbons (Fsp3) is 0.647. The number of ether oxygens (including phenoxy) is 1. The zero-order valence-electron chi connectivity index (χ0n) is 13.4. The van der Waals surface area contributed by atoms with E-state index in [9.17, 15) is 4.39 Å². The Morgan fingerprint density at radius 2 is 2.14 bits per heavy atom. The van der Waals surface area contributed by atoms with Crippen LogP contribution in [0, 0.1) is 11.2 Å². The summed E-state index contributed by atoms with van der Waals surface area (Å²) in [6.45, 7) is 8.43. The summed E-state index contributed by atoms with van der Waals surface area (Å²) in [4.78, 5) is 2.20. The zero-order valence-corrected chi connectivity index (χ0v) is 13.4. The highest BCUT2D eigenvalue weighted by molar-refractivity contribution is 5.17. The molecule has 1 aromatic carbocycles. The summed E-state index contributed by atoms with van der Waals surface area (Å²) in [6.07, 6.45) is 1.06. The molecule has 1 atom stereocenters. The highest BCUT2D eigenvalue weighted by Gasteiger charge is 2.35. The van der Waals surface area contributed by atoms with Crippen molar-refractivity contribution in [3.63, 3.8) is 0 Å². The molecule has 4 heteroatoms. The smallest absolute Gasteiger partial charge is 0.127 e. The Balaban J connectivity index is 1.95. The largest absolute Gasteiger partial charge is 0.381 e. The monoisotopic (exact) mass is 294 g/mol. The molecule has 3 nitrogen and oxygen atoms in total. The average molecular weight is 294 g/mol. The fourth-order valence-corrected chi connectivity index (χ4v) is 2.94. The third kappa shape index (κ3) is 4.77. The molecule has 1 unspecified atom stereocenters. The van der Waals surface area contributed by atoms with Gasteiger partial charge in [-0.15, -0.1) is 0 Å². The molecule has 1 fully saturated rings. The summed E-state index contributed by atoms with van der Waals surface area (Å²) in [5.41, 5.74) is 0.899. The van der Waals surface area contributed by atoms with Crippen LogP contribution in [0.5, 0.6) is 0 Å². The first-order chi connectivity index (χ1) is 10.0. The van der Waals surface area contributed by atoms with E-state index in [0.717, 1.165) is 38.3 Å². The molecule has 0 aliphatic carbocycles. The summed E-state index contributed by atoms with van der Waals surface area (Å²) < 4.78 is 19.4. The first-order valence-electron chi connectivity index (χ1n) is 7.74. The predicted octanol–water partition coefficient (Wildman–Crippen LogP) is 2.66. The molecule has 2 rings (SSSR count). The fourth-order valence-electron chi connectivity index (χ4n) is 2.94. The van der Waals surface area contributed by atoms with Gasteiger partial charge in [0, 0.05) is 43.3 Å². The number of halogens is 1. The summed E-state index contributed by atoms with van der Waals surface area (Å²) >= 11 is 0. The molecule has 1 N–H and O–H groups in total. The Morgan fingerprint density at radius 3 is 2.76 bits per heavy atom. The SMILES string of the molecule is CC(C)NCC1(CN(C)Cc2ccccc2F)CCOC1. The van der Waals surface area contributed by atoms with Crippen LogP contribution < -0.4 is 5.32 Å². The summed E-state index contributed by atoms with van der Waals surface area (Å²) in [7, 11) is 2.06. The molecular weight excluding hydrogens is 267 g/mol. The number of hydrogen-bond donors (Lipinski definition) is 1. The van der Waals surface area contributed by atoms with Crippen molar-refractivity contribution in [2.45, 2.75) is 32.9 Å². The van der Waals surface area contributed by atoms with E-state index < -0.39 is 0 Å². The molecule has 1 saturated heterocycles. The molecule has 0 saturated carbocycles. The van der Waals surface area contributed by atoms with Crippen molar-refractivity contribution in [3.8, 4) is 0 Å². The van der Waals surface area contributed by atoms with Crippen molar-refractivity contribution in [1.82, 2.24) is 10.2 Å². The van der Waals surface area contributed by atoms with E-state index in [2.05, 4.69) is 31.1 Å². The van der Waals surface area contributed by atoms with Crippen LogP contribution >= 0.6 is 0 Å². The van der Waals surface area contributed by atoms with Crippen LogP contribution in [0.2, 0.25) is 0 Å². The van der Waals surface area contributed by atoms with Gasteiger partial charge >= 0.3 is 0 Å². The van der Waals surface area contributed by atoms with Gasteiger partial charge in [0.1, 0.15) is 5.82 Å². The van der Waals surface area contributed by atoms with Gasteiger partial charge in [0.05, 0.1) is 6.61 Å². The second-order valence-corrected chi connectivity index (χ2v) is 6.60. The minimum Gasteiger partial charge on any atom is -0.381 e. The molecule has 0 radical (unpaired) electrons. The maximum Gasteiger partial charge on any atom is 0.127 e. The maximum absolute atomic E-state index is 13.7. The highest BCUT2D eigenvalue weighted by Crippen LogP contribution is 2.29. The lowest BCUT2D eigenvalue weighted by Gasteiger charge is -2.33. The first-order valence-corrected chi connectivity index (χ1v) is 7.74. The van der Waals surface area contributed by atoms with Crippen LogP contribution in [0.15, 0.2) is 24.3 Å². The van der Waals surface area contributed by atoms with Gasteiger partial charge < -0.3 is 15.0 Å². The van der Waals surface area contributed by atoms with Crippen LogP contribution in [-0.2, 0) is 11.3 Å². The molecule has 1 aromatic rings. The lowest BCUT2D eigenvalue weighted by Crippen LogP contribution is -2.45. The van der Waals surface area contributed by atoms with E-state index in [4.69, 9.17) is 4.74 Å². The van der Waals surface area contributed by atoms with E-state index in [0.29, 0.717) is 12.6 Å². The Morgan fingerprint density at radius 1 is 1.38 bits per heavy atom. The number of nitrogens with one attached hydrogen (secondary N) is 1. The molecule has 0 amide bonds. The van der Waals surface area contributed by atoms with Crippen LogP contribution in [0.3, 0.4) is 0 Å². The predicted molar refractivity (Wildman–Crippen MR) is 83.7 cm³/mol. The van der Waals surface area contributed by atoms with E-state index in [1.807, 2.05) is 12.1 Å².